The number of carbonyl (C=O) groups excluding carboxylic acids is 1. The summed E-state index contributed by atoms with van der Waals surface area (Å²) in [5.74, 6) is -1.24. The number of aryl methyl sites for hydroxylation is 2. The van der Waals surface area contributed by atoms with E-state index in [4.69, 9.17) is 9.84 Å². The lowest BCUT2D eigenvalue weighted by Crippen LogP contribution is -2.31. The molecule has 4 aromatic carbocycles. The molecule has 0 bridgehead atoms. The fourth-order valence-electron chi connectivity index (χ4n) is 4.90. The predicted octanol–water partition coefficient (Wildman–Crippen LogP) is 5.70. The van der Waals surface area contributed by atoms with Gasteiger partial charge in [0, 0.05) is 30.3 Å². The molecule has 0 unspecified atom stereocenters. The fourth-order valence-corrected chi connectivity index (χ4v) is 6.26. The van der Waals surface area contributed by atoms with Gasteiger partial charge in [-0.05, 0) is 84.1 Å². The molecule has 1 atom stereocenters. The first-order valence-corrected chi connectivity index (χ1v) is 19.3. The third-order valence-corrected chi connectivity index (χ3v) is 9.99. The van der Waals surface area contributed by atoms with E-state index in [1.54, 1.807) is 24.3 Å². The molecule has 0 saturated heterocycles. The number of aromatic carboxylic acids is 1. The van der Waals surface area contributed by atoms with Gasteiger partial charge in [-0.1, -0.05) is 59.7 Å². The second kappa shape index (κ2) is 16.1. The van der Waals surface area contributed by atoms with Crippen molar-refractivity contribution in [2.45, 2.75) is 29.7 Å². The Labute approximate surface area is 297 Å². The highest BCUT2D eigenvalue weighted by atomic mass is 32.2. The zero-order valence-corrected chi connectivity index (χ0v) is 30.2. The van der Waals surface area contributed by atoms with Gasteiger partial charge < -0.3 is 20.3 Å². The van der Waals surface area contributed by atoms with E-state index in [0.29, 0.717) is 22.6 Å². The number of aliphatic hydroxyl groups excluding tert-OH is 1. The molecule has 0 aliphatic carbocycles. The van der Waals surface area contributed by atoms with Crippen LogP contribution in [0.1, 0.15) is 43.4 Å². The van der Waals surface area contributed by atoms with Crippen LogP contribution in [0.3, 0.4) is 0 Å². The van der Waals surface area contributed by atoms with Gasteiger partial charge in [0.2, 0.25) is 5.88 Å². The SMILES string of the molecule is COc1ccc([C@@H](CO)NC(=O)c2cc(-c3ccc(C)cc3)cc(S(C)(=O)=O)c2)cn1.Cc1ccc(-c2cc(C(=O)O)cc(S(C)(=O)=O)c2)cc1. The standard InChI is InChI=1S/C23H24N2O5S.C15H14O4S/c1-15-4-6-16(7-5-15)18-10-19(12-20(11-18)31(3,28)29)23(27)25-21(14-26)17-8-9-22(30-2)24-13-17;1-10-3-5-11(6-4-10)12-7-13(15(16)17)9-14(8-12)20(2,18)19/h4-13,21,26H,14H2,1-3H3,(H,25,27);3-9H,1-2H3,(H,16,17)/t21-;/m1./s1. The zero-order chi connectivity index (χ0) is 37.5. The lowest BCUT2D eigenvalue weighted by atomic mass is 10.0. The van der Waals surface area contributed by atoms with Gasteiger partial charge in [0.05, 0.1) is 35.1 Å². The molecule has 11 nitrogen and oxygen atoms in total. The number of aromatic nitrogens is 1. The van der Waals surface area contributed by atoms with Crippen LogP contribution >= 0.6 is 0 Å². The highest BCUT2D eigenvalue weighted by Gasteiger charge is 2.20. The van der Waals surface area contributed by atoms with Gasteiger partial charge in [0.25, 0.3) is 5.91 Å². The van der Waals surface area contributed by atoms with Gasteiger partial charge in [0.15, 0.2) is 19.7 Å². The largest absolute Gasteiger partial charge is 0.481 e. The molecule has 0 saturated carbocycles. The minimum absolute atomic E-state index is 0.00738. The third-order valence-electron chi connectivity index (χ3n) is 7.81. The van der Waals surface area contributed by atoms with Crippen LogP contribution in [0.15, 0.2) is 113 Å². The molecule has 0 aliphatic rings. The van der Waals surface area contributed by atoms with Gasteiger partial charge in [-0.3, -0.25) is 4.79 Å². The average molecular weight is 731 g/mol. The number of amides is 1. The van der Waals surface area contributed by atoms with Crippen LogP contribution in [-0.2, 0) is 19.7 Å². The molecular formula is C38H38N2O9S2. The molecular weight excluding hydrogens is 693 g/mol. The molecule has 1 amide bonds. The summed E-state index contributed by atoms with van der Waals surface area (Å²) in [6, 6.07) is 26.3. The molecule has 3 N–H and O–H groups in total. The van der Waals surface area contributed by atoms with Crippen molar-refractivity contribution in [3.8, 4) is 28.1 Å². The number of nitrogens with zero attached hydrogens (tertiary/aromatic N) is 1. The Kier molecular flexibility index (Phi) is 12.1. The molecule has 1 aromatic heterocycles. The molecule has 0 fully saturated rings. The van der Waals surface area contributed by atoms with E-state index in [-0.39, 0.29) is 27.5 Å². The monoisotopic (exact) mass is 730 g/mol. The summed E-state index contributed by atoms with van der Waals surface area (Å²) in [6.45, 7) is 3.55. The Morgan fingerprint density at radius 1 is 0.706 bits per heavy atom. The number of benzene rings is 4. The molecule has 13 heteroatoms. The molecule has 266 valence electrons. The number of carboxylic acids is 1. The van der Waals surface area contributed by atoms with E-state index >= 15 is 0 Å². The van der Waals surface area contributed by atoms with E-state index in [1.807, 2.05) is 62.4 Å². The highest BCUT2D eigenvalue weighted by molar-refractivity contribution is 7.91. The summed E-state index contributed by atoms with van der Waals surface area (Å²) in [6.07, 6.45) is 3.67. The summed E-state index contributed by atoms with van der Waals surface area (Å²) in [5, 5.41) is 21.6. The van der Waals surface area contributed by atoms with Gasteiger partial charge in [-0.25, -0.2) is 26.6 Å². The number of hydrogen-bond donors (Lipinski definition) is 3. The van der Waals surface area contributed by atoms with E-state index in [2.05, 4.69) is 10.3 Å². The Bertz CT molecular complexity index is 2250. The minimum Gasteiger partial charge on any atom is -0.481 e. The molecule has 5 aromatic rings. The van der Waals surface area contributed by atoms with Crippen molar-refractivity contribution in [1.82, 2.24) is 10.3 Å². The van der Waals surface area contributed by atoms with Crippen LogP contribution in [0.5, 0.6) is 5.88 Å². The van der Waals surface area contributed by atoms with Crippen molar-refractivity contribution in [1.29, 1.82) is 0 Å². The number of methoxy groups -OCH3 is 1. The van der Waals surface area contributed by atoms with Crippen LogP contribution in [0.25, 0.3) is 22.3 Å². The maximum atomic E-state index is 13.0. The predicted molar refractivity (Wildman–Crippen MR) is 194 cm³/mol. The first-order chi connectivity index (χ1) is 24.0. The van der Waals surface area contributed by atoms with Crippen molar-refractivity contribution in [3.63, 3.8) is 0 Å². The van der Waals surface area contributed by atoms with E-state index in [9.17, 15) is 31.5 Å². The zero-order valence-electron chi connectivity index (χ0n) is 28.6. The van der Waals surface area contributed by atoms with E-state index < -0.39 is 37.6 Å². The maximum Gasteiger partial charge on any atom is 0.335 e. The first-order valence-electron chi connectivity index (χ1n) is 15.5. The average Bonchev–Trinajstić information content (AvgIpc) is 3.10. The number of rotatable bonds is 10. The Balaban J connectivity index is 0.000000251. The van der Waals surface area contributed by atoms with Crippen molar-refractivity contribution >= 4 is 31.6 Å². The maximum absolute atomic E-state index is 13.0. The minimum atomic E-state index is -3.54. The molecule has 5 rings (SSSR count). The number of aliphatic hydroxyl groups is 1. The topological polar surface area (TPSA) is 177 Å². The summed E-state index contributed by atoms with van der Waals surface area (Å²) in [5.41, 5.74) is 5.64. The Morgan fingerprint density at radius 3 is 1.57 bits per heavy atom. The molecule has 51 heavy (non-hydrogen) atoms. The molecule has 0 spiro atoms. The van der Waals surface area contributed by atoms with Crippen molar-refractivity contribution in [2.75, 3.05) is 26.2 Å². The number of carbonyl (C=O) groups is 2. The lowest BCUT2D eigenvalue weighted by Gasteiger charge is -2.17. The number of sulfone groups is 2. The van der Waals surface area contributed by atoms with Crippen LogP contribution in [-0.4, -0.2) is 70.1 Å². The quantitative estimate of drug-likeness (QED) is 0.162. The van der Waals surface area contributed by atoms with Crippen LogP contribution in [0, 0.1) is 13.8 Å². The van der Waals surface area contributed by atoms with Crippen molar-refractivity contribution in [2.24, 2.45) is 0 Å². The summed E-state index contributed by atoms with van der Waals surface area (Å²) in [4.78, 5) is 28.2. The third kappa shape index (κ3) is 10.3. The second-order valence-corrected chi connectivity index (χ2v) is 15.9. The Hall–Kier alpha value is -5.37. The highest BCUT2D eigenvalue weighted by Crippen LogP contribution is 2.27. The number of pyridine rings is 1. The number of nitrogens with one attached hydrogen (secondary N) is 1. The van der Waals surface area contributed by atoms with Crippen LogP contribution in [0.2, 0.25) is 0 Å². The molecule has 0 aliphatic heterocycles. The number of hydrogen-bond acceptors (Lipinski definition) is 9. The lowest BCUT2D eigenvalue weighted by molar-refractivity contribution is 0.0696. The van der Waals surface area contributed by atoms with E-state index in [0.717, 1.165) is 34.8 Å². The summed E-state index contributed by atoms with van der Waals surface area (Å²) >= 11 is 0. The first kappa shape index (κ1) is 38.4. The van der Waals surface area contributed by atoms with Crippen molar-refractivity contribution in [3.05, 3.63) is 131 Å². The van der Waals surface area contributed by atoms with Crippen LogP contribution in [0.4, 0.5) is 0 Å². The number of carboxylic acid groups (broad SMARTS) is 1. The molecule has 1 heterocycles. The second-order valence-electron chi connectivity index (χ2n) is 11.9. The summed E-state index contributed by atoms with van der Waals surface area (Å²) in [7, 11) is -5.51. The normalized spacial score (nSPS) is 11.9. The van der Waals surface area contributed by atoms with Gasteiger partial charge in [-0.2, -0.15) is 0 Å². The smallest absolute Gasteiger partial charge is 0.335 e. The fraction of sp³-hybridized carbons (Fsp3) is 0.184. The van der Waals surface area contributed by atoms with Gasteiger partial charge >= 0.3 is 5.97 Å². The number of ether oxygens (including phenoxy) is 1. The van der Waals surface area contributed by atoms with Crippen molar-refractivity contribution < 1.29 is 41.4 Å². The Morgan fingerprint density at radius 2 is 1.18 bits per heavy atom. The molecule has 0 radical (unpaired) electrons. The van der Waals surface area contributed by atoms with Gasteiger partial charge in [0.1, 0.15) is 0 Å². The van der Waals surface area contributed by atoms with E-state index in [1.165, 1.54) is 37.6 Å². The van der Waals surface area contributed by atoms with Crippen LogP contribution < -0.4 is 10.1 Å². The van der Waals surface area contributed by atoms with Gasteiger partial charge in [-0.15, -0.1) is 0 Å². The summed E-state index contributed by atoms with van der Waals surface area (Å²) < 4.78 is 52.8.